The van der Waals surface area contributed by atoms with Crippen LogP contribution in [0.2, 0.25) is 0 Å². The monoisotopic (exact) mass is 230 g/mol. The van der Waals surface area contributed by atoms with Crippen molar-refractivity contribution in [2.75, 3.05) is 18.5 Å². The van der Waals surface area contributed by atoms with Crippen LogP contribution in [0.3, 0.4) is 0 Å². The minimum atomic E-state index is -0.550. The molecular weight excluding hydrogens is 212 g/mol. The van der Waals surface area contributed by atoms with Crippen molar-refractivity contribution >= 4 is 5.69 Å². The predicted octanol–water partition coefficient (Wildman–Crippen LogP) is 2.73. The van der Waals surface area contributed by atoms with Crippen LogP contribution in [-0.2, 0) is 4.74 Å². The van der Waals surface area contributed by atoms with Crippen molar-refractivity contribution < 1.29 is 4.74 Å². The lowest BCUT2D eigenvalue weighted by Crippen LogP contribution is -2.41. The van der Waals surface area contributed by atoms with Gasteiger partial charge >= 0.3 is 0 Å². The van der Waals surface area contributed by atoms with E-state index >= 15 is 0 Å². The molecule has 2 atom stereocenters. The maximum Gasteiger partial charge on any atom is 0.127 e. The summed E-state index contributed by atoms with van der Waals surface area (Å²) in [7, 11) is 0. The maximum absolute atomic E-state index is 9.39. The molecule has 0 bridgehead atoms. The number of anilines is 1. The molecule has 1 aromatic carbocycles. The van der Waals surface area contributed by atoms with Crippen molar-refractivity contribution in [1.29, 1.82) is 5.26 Å². The first-order valence-electron chi connectivity index (χ1n) is 5.98. The molecule has 90 valence electrons. The predicted molar refractivity (Wildman–Crippen MR) is 67.7 cm³/mol. The maximum atomic E-state index is 9.39. The fraction of sp³-hybridized carbons (Fsp3) is 0.500. The van der Waals surface area contributed by atoms with Gasteiger partial charge in [-0.1, -0.05) is 17.7 Å². The molecule has 0 radical (unpaired) electrons. The highest BCUT2D eigenvalue weighted by Gasteiger charge is 2.36. The van der Waals surface area contributed by atoms with E-state index in [-0.39, 0.29) is 5.92 Å². The number of nitriles is 1. The second-order valence-electron chi connectivity index (χ2n) is 4.87. The summed E-state index contributed by atoms with van der Waals surface area (Å²) in [4.78, 5) is 0. The quantitative estimate of drug-likeness (QED) is 0.868. The van der Waals surface area contributed by atoms with Crippen LogP contribution in [-0.4, -0.2) is 18.8 Å². The minimum Gasteiger partial charge on any atom is -0.381 e. The molecule has 1 fully saturated rings. The van der Waals surface area contributed by atoms with Crippen molar-refractivity contribution in [2.24, 2.45) is 5.92 Å². The molecule has 17 heavy (non-hydrogen) atoms. The topological polar surface area (TPSA) is 45.0 Å². The van der Waals surface area contributed by atoms with Crippen LogP contribution in [0.4, 0.5) is 5.69 Å². The fourth-order valence-electron chi connectivity index (χ4n) is 2.15. The molecule has 0 aliphatic carbocycles. The third kappa shape index (κ3) is 2.59. The zero-order valence-electron chi connectivity index (χ0n) is 10.4. The van der Waals surface area contributed by atoms with Crippen molar-refractivity contribution in [3.63, 3.8) is 0 Å². The lowest BCUT2D eigenvalue weighted by molar-refractivity contribution is 0.178. The zero-order chi connectivity index (χ0) is 12.3. The van der Waals surface area contributed by atoms with E-state index in [0.717, 1.165) is 18.7 Å². The fourth-order valence-corrected chi connectivity index (χ4v) is 2.15. The van der Waals surface area contributed by atoms with Gasteiger partial charge in [0.05, 0.1) is 12.7 Å². The van der Waals surface area contributed by atoms with Crippen molar-refractivity contribution in [3.05, 3.63) is 29.8 Å². The molecule has 2 unspecified atom stereocenters. The molecule has 1 N–H and O–H groups in total. The molecule has 1 heterocycles. The van der Waals surface area contributed by atoms with E-state index < -0.39 is 5.54 Å². The Morgan fingerprint density at radius 1 is 1.41 bits per heavy atom. The molecular formula is C14H18N2O. The van der Waals surface area contributed by atoms with Crippen LogP contribution < -0.4 is 5.32 Å². The number of aryl methyl sites for hydroxylation is 1. The molecule has 3 heteroatoms. The Balaban J connectivity index is 2.14. The average molecular weight is 230 g/mol. The standard InChI is InChI=1S/C14H18N2O/c1-11-3-5-13(6-4-11)16-14(2,10-15)12-7-8-17-9-12/h3-6,12,16H,7-9H2,1-2H3. The Hall–Kier alpha value is -1.53. The van der Waals surface area contributed by atoms with E-state index in [9.17, 15) is 5.26 Å². The third-order valence-corrected chi connectivity index (χ3v) is 3.43. The molecule has 0 aromatic heterocycles. The summed E-state index contributed by atoms with van der Waals surface area (Å²) >= 11 is 0. The normalized spacial score (nSPS) is 22.8. The summed E-state index contributed by atoms with van der Waals surface area (Å²) in [5.74, 6) is 0.258. The van der Waals surface area contributed by atoms with Crippen LogP contribution in [0.15, 0.2) is 24.3 Å². The van der Waals surface area contributed by atoms with Crippen LogP contribution >= 0.6 is 0 Å². The summed E-state index contributed by atoms with van der Waals surface area (Å²) < 4.78 is 5.37. The van der Waals surface area contributed by atoms with E-state index in [1.165, 1.54) is 5.56 Å². The van der Waals surface area contributed by atoms with E-state index in [4.69, 9.17) is 4.74 Å². The molecule has 0 saturated carbocycles. The Bertz CT molecular complexity index is 415. The minimum absolute atomic E-state index is 0.258. The summed E-state index contributed by atoms with van der Waals surface area (Å²) in [5, 5.41) is 12.7. The van der Waals surface area contributed by atoms with Crippen LogP contribution in [0.25, 0.3) is 0 Å². The second kappa shape index (κ2) is 4.77. The third-order valence-electron chi connectivity index (χ3n) is 3.43. The first-order valence-corrected chi connectivity index (χ1v) is 5.98. The van der Waals surface area contributed by atoms with E-state index in [0.29, 0.717) is 6.61 Å². The molecule has 2 rings (SSSR count). The van der Waals surface area contributed by atoms with Crippen LogP contribution in [0, 0.1) is 24.2 Å². The van der Waals surface area contributed by atoms with E-state index in [1.807, 2.05) is 31.2 Å². The summed E-state index contributed by atoms with van der Waals surface area (Å²) in [6.45, 7) is 5.44. The molecule has 0 amide bonds. The number of rotatable bonds is 3. The average Bonchev–Trinajstić information content (AvgIpc) is 2.86. The van der Waals surface area contributed by atoms with Gasteiger partial charge in [0.1, 0.15) is 5.54 Å². The van der Waals surface area contributed by atoms with Gasteiger partial charge in [0.15, 0.2) is 0 Å². The summed E-state index contributed by atoms with van der Waals surface area (Å²) in [6, 6.07) is 10.5. The summed E-state index contributed by atoms with van der Waals surface area (Å²) in [5.41, 5.74) is 1.66. The van der Waals surface area contributed by atoms with Gasteiger partial charge in [-0.2, -0.15) is 5.26 Å². The van der Waals surface area contributed by atoms with Crippen LogP contribution in [0.1, 0.15) is 18.9 Å². The highest BCUT2D eigenvalue weighted by atomic mass is 16.5. The first kappa shape index (κ1) is 11.9. The van der Waals surface area contributed by atoms with Gasteiger partial charge < -0.3 is 10.1 Å². The smallest absolute Gasteiger partial charge is 0.127 e. The van der Waals surface area contributed by atoms with Gasteiger partial charge in [-0.25, -0.2) is 0 Å². The largest absolute Gasteiger partial charge is 0.381 e. The first-order chi connectivity index (χ1) is 8.14. The van der Waals surface area contributed by atoms with Gasteiger partial charge in [-0.05, 0) is 32.4 Å². The number of hydrogen-bond donors (Lipinski definition) is 1. The zero-order valence-corrected chi connectivity index (χ0v) is 10.4. The SMILES string of the molecule is Cc1ccc(NC(C)(C#N)C2CCOC2)cc1. The van der Waals surface area contributed by atoms with E-state index in [2.05, 4.69) is 18.3 Å². The van der Waals surface area contributed by atoms with Gasteiger partial charge in [0.25, 0.3) is 0 Å². The van der Waals surface area contributed by atoms with Gasteiger partial charge in [0.2, 0.25) is 0 Å². The van der Waals surface area contributed by atoms with E-state index in [1.54, 1.807) is 0 Å². The van der Waals surface area contributed by atoms with Crippen molar-refractivity contribution in [2.45, 2.75) is 25.8 Å². The van der Waals surface area contributed by atoms with Crippen molar-refractivity contribution in [3.8, 4) is 6.07 Å². The Morgan fingerprint density at radius 3 is 2.65 bits per heavy atom. The lowest BCUT2D eigenvalue weighted by atomic mass is 9.86. The number of nitrogens with one attached hydrogen (secondary N) is 1. The molecule has 1 aliphatic heterocycles. The molecule has 1 aliphatic rings. The summed E-state index contributed by atoms with van der Waals surface area (Å²) in [6.07, 6.45) is 0.947. The number of ether oxygens (including phenoxy) is 1. The highest BCUT2D eigenvalue weighted by Crippen LogP contribution is 2.29. The number of benzene rings is 1. The molecule has 3 nitrogen and oxygen atoms in total. The molecule has 1 aromatic rings. The Kier molecular flexibility index (Phi) is 3.35. The second-order valence-corrected chi connectivity index (χ2v) is 4.87. The van der Waals surface area contributed by atoms with Gasteiger partial charge in [-0.3, -0.25) is 0 Å². The molecule has 1 saturated heterocycles. The van der Waals surface area contributed by atoms with Gasteiger partial charge in [-0.15, -0.1) is 0 Å². The highest BCUT2D eigenvalue weighted by molar-refractivity contribution is 5.48. The number of hydrogen-bond acceptors (Lipinski definition) is 3. The Labute approximate surface area is 102 Å². The Morgan fingerprint density at radius 2 is 2.12 bits per heavy atom. The van der Waals surface area contributed by atoms with Crippen molar-refractivity contribution in [1.82, 2.24) is 0 Å². The lowest BCUT2D eigenvalue weighted by Gasteiger charge is -2.29. The number of nitrogens with zero attached hydrogens (tertiary/aromatic N) is 1. The van der Waals surface area contributed by atoms with Gasteiger partial charge in [0, 0.05) is 18.2 Å². The van der Waals surface area contributed by atoms with Crippen LogP contribution in [0.5, 0.6) is 0 Å². The molecule has 0 spiro atoms.